The van der Waals surface area contributed by atoms with Gasteiger partial charge in [0, 0.05) is 11.9 Å². The van der Waals surface area contributed by atoms with Crippen LogP contribution in [0.5, 0.6) is 5.75 Å². The Balaban J connectivity index is 1.96. The number of nitrogens with zero attached hydrogens (tertiary/aromatic N) is 1. The number of thioether (sulfide) groups is 1. The van der Waals surface area contributed by atoms with Gasteiger partial charge in [-0.15, -0.1) is 0 Å². The Morgan fingerprint density at radius 1 is 1.40 bits per heavy atom. The van der Waals surface area contributed by atoms with Crippen molar-refractivity contribution in [1.29, 1.82) is 0 Å². The Morgan fingerprint density at radius 2 is 2.25 bits per heavy atom. The highest BCUT2D eigenvalue weighted by Gasteiger charge is 2.08. The summed E-state index contributed by atoms with van der Waals surface area (Å²) in [5.74, 6) is 0.717. The van der Waals surface area contributed by atoms with E-state index in [9.17, 15) is 4.79 Å². The van der Waals surface area contributed by atoms with E-state index in [4.69, 9.17) is 10.5 Å². The maximum Gasteiger partial charge on any atom is 0.234 e. The molecule has 0 saturated carbocycles. The van der Waals surface area contributed by atoms with Crippen LogP contribution in [-0.4, -0.2) is 23.8 Å². The van der Waals surface area contributed by atoms with Crippen molar-refractivity contribution in [2.24, 2.45) is 0 Å². The van der Waals surface area contributed by atoms with Crippen LogP contribution >= 0.6 is 11.8 Å². The molecule has 2 rings (SSSR count). The molecule has 0 unspecified atom stereocenters. The second-order valence-corrected chi connectivity index (χ2v) is 4.96. The number of aromatic nitrogens is 1. The summed E-state index contributed by atoms with van der Waals surface area (Å²) < 4.78 is 5.17. The number of rotatable bonds is 5. The van der Waals surface area contributed by atoms with Crippen LogP contribution in [0.15, 0.2) is 47.6 Å². The maximum absolute atomic E-state index is 11.9. The summed E-state index contributed by atoms with van der Waals surface area (Å²) in [4.78, 5) is 16.1. The molecule has 1 heterocycles. The number of nitrogens with two attached hydrogens (primary N) is 1. The number of pyridine rings is 1. The Bertz CT molecular complexity index is 590. The second-order valence-electron chi connectivity index (χ2n) is 3.96. The number of nitrogen functional groups attached to an aromatic ring is 1. The molecule has 0 atom stereocenters. The van der Waals surface area contributed by atoms with Crippen LogP contribution in [-0.2, 0) is 4.79 Å². The fraction of sp³-hybridized carbons (Fsp3) is 0.143. The molecule has 1 aromatic carbocycles. The fourth-order valence-corrected chi connectivity index (χ4v) is 2.24. The SMILES string of the molecule is COc1ccc(N)cc1NC(=O)CSc1ccccn1. The number of nitrogens with one attached hydrogen (secondary N) is 1. The van der Waals surface area contributed by atoms with Crippen molar-refractivity contribution in [2.45, 2.75) is 5.03 Å². The van der Waals surface area contributed by atoms with Crippen LogP contribution in [0.25, 0.3) is 0 Å². The molecule has 20 heavy (non-hydrogen) atoms. The van der Waals surface area contributed by atoms with Gasteiger partial charge in [-0.1, -0.05) is 17.8 Å². The molecule has 0 bridgehead atoms. The van der Waals surface area contributed by atoms with Crippen LogP contribution in [0.1, 0.15) is 0 Å². The van der Waals surface area contributed by atoms with Gasteiger partial charge in [0.1, 0.15) is 5.75 Å². The molecule has 104 valence electrons. The maximum atomic E-state index is 11.9. The number of carbonyl (C=O) groups excluding carboxylic acids is 1. The molecule has 6 heteroatoms. The van der Waals surface area contributed by atoms with Gasteiger partial charge in [0.05, 0.1) is 23.6 Å². The van der Waals surface area contributed by atoms with Gasteiger partial charge in [-0.3, -0.25) is 4.79 Å². The van der Waals surface area contributed by atoms with Gasteiger partial charge < -0.3 is 15.8 Å². The summed E-state index contributed by atoms with van der Waals surface area (Å²) in [6.45, 7) is 0. The zero-order valence-electron chi connectivity index (χ0n) is 11.0. The van der Waals surface area contributed by atoms with Crippen molar-refractivity contribution >= 4 is 29.0 Å². The van der Waals surface area contributed by atoms with Crippen molar-refractivity contribution in [3.8, 4) is 5.75 Å². The number of hydrogen-bond donors (Lipinski definition) is 2. The Hall–Kier alpha value is -2.21. The highest BCUT2D eigenvalue weighted by molar-refractivity contribution is 7.99. The first-order chi connectivity index (χ1) is 9.69. The lowest BCUT2D eigenvalue weighted by Gasteiger charge is -2.10. The summed E-state index contributed by atoms with van der Waals surface area (Å²) in [5.41, 5.74) is 6.84. The average molecular weight is 289 g/mol. The summed E-state index contributed by atoms with van der Waals surface area (Å²) in [6.07, 6.45) is 1.70. The zero-order valence-corrected chi connectivity index (χ0v) is 11.8. The van der Waals surface area contributed by atoms with E-state index in [-0.39, 0.29) is 11.7 Å². The molecule has 5 nitrogen and oxygen atoms in total. The number of ether oxygens (including phenoxy) is 1. The molecular formula is C14H15N3O2S. The van der Waals surface area contributed by atoms with Crippen molar-refractivity contribution in [3.63, 3.8) is 0 Å². The second kappa shape index (κ2) is 6.81. The van der Waals surface area contributed by atoms with E-state index in [1.807, 2.05) is 18.2 Å². The minimum atomic E-state index is -0.135. The number of hydrogen-bond acceptors (Lipinski definition) is 5. The van der Waals surface area contributed by atoms with Crippen LogP contribution in [0.3, 0.4) is 0 Å². The quantitative estimate of drug-likeness (QED) is 0.653. The van der Waals surface area contributed by atoms with Crippen LogP contribution in [0, 0.1) is 0 Å². The molecule has 0 spiro atoms. The number of carbonyl (C=O) groups is 1. The molecule has 3 N–H and O–H groups in total. The lowest BCUT2D eigenvalue weighted by Crippen LogP contribution is -2.15. The predicted molar refractivity (Wildman–Crippen MR) is 81.0 cm³/mol. The van der Waals surface area contributed by atoms with Gasteiger partial charge in [0.15, 0.2) is 0 Å². The highest BCUT2D eigenvalue weighted by Crippen LogP contribution is 2.26. The third kappa shape index (κ3) is 3.89. The van der Waals surface area contributed by atoms with Gasteiger partial charge in [0.2, 0.25) is 5.91 Å². The van der Waals surface area contributed by atoms with Crippen LogP contribution < -0.4 is 15.8 Å². The monoisotopic (exact) mass is 289 g/mol. The summed E-state index contributed by atoms with van der Waals surface area (Å²) in [6, 6.07) is 10.7. The minimum absolute atomic E-state index is 0.135. The Kier molecular flexibility index (Phi) is 4.84. The van der Waals surface area contributed by atoms with E-state index in [2.05, 4.69) is 10.3 Å². The molecule has 0 saturated heterocycles. The van der Waals surface area contributed by atoms with Gasteiger partial charge in [-0.05, 0) is 30.3 Å². The van der Waals surface area contributed by atoms with Gasteiger partial charge >= 0.3 is 0 Å². The first kappa shape index (κ1) is 14.2. The summed E-state index contributed by atoms with van der Waals surface area (Å²) in [7, 11) is 1.55. The molecule has 0 aliphatic heterocycles. The number of anilines is 2. The molecule has 2 aromatic rings. The third-order valence-corrected chi connectivity index (χ3v) is 3.43. The molecule has 1 amide bonds. The molecule has 1 aromatic heterocycles. The molecule has 0 aliphatic carbocycles. The number of methoxy groups -OCH3 is 1. The Labute approximate surface area is 121 Å². The first-order valence-corrected chi connectivity index (χ1v) is 6.95. The van der Waals surface area contributed by atoms with Gasteiger partial charge in [-0.2, -0.15) is 0 Å². The lowest BCUT2D eigenvalue weighted by atomic mass is 10.2. The van der Waals surface area contributed by atoms with Gasteiger partial charge in [-0.25, -0.2) is 4.98 Å². The third-order valence-electron chi connectivity index (χ3n) is 2.49. The van der Waals surface area contributed by atoms with E-state index in [0.29, 0.717) is 17.1 Å². The lowest BCUT2D eigenvalue weighted by molar-refractivity contribution is -0.113. The van der Waals surface area contributed by atoms with Crippen molar-refractivity contribution in [1.82, 2.24) is 4.98 Å². The van der Waals surface area contributed by atoms with Gasteiger partial charge in [0.25, 0.3) is 0 Å². The van der Waals surface area contributed by atoms with Crippen molar-refractivity contribution in [3.05, 3.63) is 42.6 Å². The largest absolute Gasteiger partial charge is 0.495 e. The normalized spacial score (nSPS) is 10.1. The summed E-state index contributed by atoms with van der Waals surface area (Å²) >= 11 is 1.37. The predicted octanol–water partition coefficient (Wildman–Crippen LogP) is 2.40. The van der Waals surface area contributed by atoms with E-state index in [1.54, 1.807) is 31.5 Å². The standard InChI is InChI=1S/C14H15N3O2S/c1-19-12-6-5-10(15)8-11(12)17-13(18)9-20-14-4-2-3-7-16-14/h2-8H,9,15H2,1H3,(H,17,18). The van der Waals surface area contributed by atoms with E-state index in [1.165, 1.54) is 11.8 Å². The average Bonchev–Trinajstić information content (AvgIpc) is 2.46. The Morgan fingerprint density at radius 3 is 2.95 bits per heavy atom. The van der Waals surface area contributed by atoms with Crippen molar-refractivity contribution in [2.75, 3.05) is 23.9 Å². The molecular weight excluding hydrogens is 274 g/mol. The van der Waals surface area contributed by atoms with Crippen LogP contribution in [0.2, 0.25) is 0 Å². The zero-order chi connectivity index (χ0) is 14.4. The minimum Gasteiger partial charge on any atom is -0.495 e. The van der Waals surface area contributed by atoms with Crippen LogP contribution in [0.4, 0.5) is 11.4 Å². The van der Waals surface area contributed by atoms with E-state index >= 15 is 0 Å². The topological polar surface area (TPSA) is 77.2 Å². The van der Waals surface area contributed by atoms with E-state index in [0.717, 1.165) is 5.03 Å². The van der Waals surface area contributed by atoms with E-state index < -0.39 is 0 Å². The molecule has 0 radical (unpaired) electrons. The molecule has 0 fully saturated rings. The van der Waals surface area contributed by atoms with Crippen molar-refractivity contribution < 1.29 is 9.53 Å². The number of benzene rings is 1. The smallest absolute Gasteiger partial charge is 0.234 e. The highest BCUT2D eigenvalue weighted by atomic mass is 32.2. The fourth-order valence-electron chi connectivity index (χ4n) is 1.58. The first-order valence-electron chi connectivity index (χ1n) is 5.96. The molecule has 0 aliphatic rings. The summed E-state index contributed by atoms with van der Waals surface area (Å²) in [5, 5.41) is 3.59. The number of amides is 1.